The van der Waals surface area contributed by atoms with E-state index in [9.17, 15) is 9.59 Å². The number of carbonyl (C=O) groups is 2. The maximum Gasteiger partial charge on any atom is 0.256 e. The van der Waals surface area contributed by atoms with Crippen LogP contribution in [-0.2, 0) is 4.79 Å². The van der Waals surface area contributed by atoms with Gasteiger partial charge in [0.1, 0.15) is 11.6 Å². The van der Waals surface area contributed by atoms with Crippen molar-refractivity contribution in [2.45, 2.75) is 65.1 Å². The molecule has 0 radical (unpaired) electrons. The van der Waals surface area contributed by atoms with Crippen LogP contribution in [0.15, 0.2) is 39.9 Å². The van der Waals surface area contributed by atoms with Crippen molar-refractivity contribution < 1.29 is 14.0 Å². The summed E-state index contributed by atoms with van der Waals surface area (Å²) in [7, 11) is 0. The summed E-state index contributed by atoms with van der Waals surface area (Å²) >= 11 is 1.22. The van der Waals surface area contributed by atoms with Crippen LogP contribution in [0.25, 0.3) is 11.1 Å². The van der Waals surface area contributed by atoms with Crippen molar-refractivity contribution in [2.75, 3.05) is 11.1 Å². The number of benzene rings is 1. The Morgan fingerprint density at radius 2 is 1.79 bits per heavy atom. The number of rotatable bonds is 10. The van der Waals surface area contributed by atoms with Crippen molar-refractivity contribution in [3.63, 3.8) is 0 Å². The zero-order valence-electron chi connectivity index (χ0n) is 19.9. The van der Waals surface area contributed by atoms with Gasteiger partial charge in [-0.05, 0) is 45.2 Å². The molecule has 176 valence electrons. The fraction of sp³-hybridized carbons (Fsp3) is 0.440. The van der Waals surface area contributed by atoms with Crippen LogP contribution in [0, 0.1) is 19.8 Å². The quantitative estimate of drug-likeness (QED) is 0.301. The van der Waals surface area contributed by atoms with E-state index >= 15 is 0 Å². The molecule has 0 bridgehead atoms. The summed E-state index contributed by atoms with van der Waals surface area (Å²) in [6, 6.07) is 9.07. The van der Waals surface area contributed by atoms with Gasteiger partial charge in [-0.15, -0.1) is 0 Å². The summed E-state index contributed by atoms with van der Waals surface area (Å²) in [5.74, 6) is 1.61. The molecule has 3 rings (SSSR count). The summed E-state index contributed by atoms with van der Waals surface area (Å²) in [6.45, 7) is 10.2. The van der Waals surface area contributed by atoms with Crippen LogP contribution in [-0.4, -0.2) is 33.6 Å². The maximum atomic E-state index is 12.7. The van der Waals surface area contributed by atoms with Crippen molar-refractivity contribution in [2.24, 2.45) is 5.92 Å². The van der Waals surface area contributed by atoms with Crippen molar-refractivity contribution in [1.82, 2.24) is 15.3 Å². The highest BCUT2D eigenvalue weighted by atomic mass is 32.2. The molecule has 2 amide bonds. The lowest BCUT2D eigenvalue weighted by Gasteiger charge is -2.14. The molecule has 8 heteroatoms. The monoisotopic (exact) mass is 468 g/mol. The molecule has 33 heavy (non-hydrogen) atoms. The molecule has 3 aromatic rings. The first-order valence-electron chi connectivity index (χ1n) is 11.3. The van der Waals surface area contributed by atoms with E-state index in [-0.39, 0.29) is 23.6 Å². The zero-order chi connectivity index (χ0) is 24.0. The fourth-order valence-corrected chi connectivity index (χ4v) is 4.15. The molecule has 0 spiro atoms. The first kappa shape index (κ1) is 24.8. The number of thioether (sulfide) groups is 1. The predicted molar refractivity (Wildman–Crippen MR) is 133 cm³/mol. The van der Waals surface area contributed by atoms with Crippen LogP contribution in [0.4, 0.5) is 5.82 Å². The fourth-order valence-electron chi connectivity index (χ4n) is 3.51. The van der Waals surface area contributed by atoms with Gasteiger partial charge in [0, 0.05) is 17.2 Å². The molecule has 0 saturated heterocycles. The van der Waals surface area contributed by atoms with Gasteiger partial charge in [-0.1, -0.05) is 56.7 Å². The molecule has 2 heterocycles. The average molecular weight is 469 g/mol. The van der Waals surface area contributed by atoms with E-state index in [0.717, 1.165) is 24.8 Å². The van der Waals surface area contributed by atoms with Crippen LogP contribution >= 0.6 is 11.8 Å². The van der Waals surface area contributed by atoms with Crippen molar-refractivity contribution in [3.8, 4) is 0 Å². The molecule has 0 fully saturated rings. The molecule has 0 aliphatic heterocycles. The van der Waals surface area contributed by atoms with Gasteiger partial charge in [0.15, 0.2) is 5.16 Å². The van der Waals surface area contributed by atoms with Crippen molar-refractivity contribution in [1.29, 1.82) is 0 Å². The summed E-state index contributed by atoms with van der Waals surface area (Å²) < 4.78 is 5.79. The smallest absolute Gasteiger partial charge is 0.256 e. The molecule has 2 N–H and O–H groups in total. The van der Waals surface area contributed by atoms with Crippen LogP contribution in [0.2, 0.25) is 0 Å². The van der Waals surface area contributed by atoms with E-state index in [1.54, 1.807) is 24.3 Å². The van der Waals surface area contributed by atoms with E-state index in [1.807, 2.05) is 26.8 Å². The third-order valence-electron chi connectivity index (χ3n) is 5.43. The second kappa shape index (κ2) is 11.3. The predicted octanol–water partition coefficient (Wildman–Crippen LogP) is 5.52. The van der Waals surface area contributed by atoms with Crippen LogP contribution in [0.5, 0.6) is 0 Å². The van der Waals surface area contributed by atoms with Gasteiger partial charge in [-0.2, -0.15) is 4.98 Å². The minimum absolute atomic E-state index is 0.0672. The number of carbonyl (C=O) groups excluding carboxylic acids is 2. The number of nitrogens with one attached hydrogen (secondary N) is 2. The Morgan fingerprint density at radius 3 is 2.48 bits per heavy atom. The second-order valence-corrected chi connectivity index (χ2v) is 9.66. The minimum Gasteiger partial charge on any atom is -0.443 e. The van der Waals surface area contributed by atoms with Crippen LogP contribution in [0.3, 0.4) is 0 Å². The number of furan rings is 1. The Hall–Kier alpha value is -2.87. The lowest BCUT2D eigenvalue weighted by atomic mass is 10.0. The topological polar surface area (TPSA) is 97.1 Å². The molecule has 1 unspecified atom stereocenters. The van der Waals surface area contributed by atoms with E-state index in [0.29, 0.717) is 39.3 Å². The molecule has 7 nitrogen and oxygen atoms in total. The van der Waals surface area contributed by atoms with Gasteiger partial charge >= 0.3 is 0 Å². The molecular weight excluding hydrogens is 436 g/mol. The molecule has 1 aromatic carbocycles. The molecule has 2 aromatic heterocycles. The number of fused-ring (bicyclic) bond motifs is 1. The van der Waals surface area contributed by atoms with Crippen molar-refractivity contribution in [3.05, 3.63) is 47.2 Å². The number of amides is 2. The Balaban J connectivity index is 1.70. The first-order chi connectivity index (χ1) is 15.7. The zero-order valence-corrected chi connectivity index (χ0v) is 20.7. The molecule has 0 aliphatic carbocycles. The third kappa shape index (κ3) is 6.81. The van der Waals surface area contributed by atoms with Gasteiger partial charge in [-0.25, -0.2) is 4.98 Å². The van der Waals surface area contributed by atoms with Gasteiger partial charge in [0.2, 0.25) is 11.6 Å². The van der Waals surface area contributed by atoms with Crippen molar-refractivity contribution >= 4 is 40.5 Å². The summed E-state index contributed by atoms with van der Waals surface area (Å²) in [5, 5.41) is 6.97. The Morgan fingerprint density at radius 1 is 1.06 bits per heavy atom. The summed E-state index contributed by atoms with van der Waals surface area (Å²) in [6.07, 6.45) is 3.20. The normalized spacial score (nSPS) is 12.2. The number of hydrogen-bond donors (Lipinski definition) is 2. The summed E-state index contributed by atoms with van der Waals surface area (Å²) in [5.41, 5.74) is 1.80. The van der Waals surface area contributed by atoms with E-state index in [4.69, 9.17) is 4.42 Å². The highest BCUT2D eigenvalue weighted by Gasteiger charge is 2.19. The van der Waals surface area contributed by atoms with Crippen LogP contribution in [0.1, 0.15) is 61.7 Å². The second-order valence-electron chi connectivity index (χ2n) is 8.72. The third-order valence-corrected chi connectivity index (χ3v) is 6.28. The number of nitrogens with zero attached hydrogens (tertiary/aromatic N) is 2. The molecule has 1 atom stereocenters. The highest BCUT2D eigenvalue weighted by molar-refractivity contribution is 7.99. The SMILES string of the molecule is Cc1oc2nc(SCC(=O)NC(C)CCCC(C)C)nc(NC(=O)c3ccccc3)c2c1C. The van der Waals surface area contributed by atoms with Gasteiger partial charge in [0.25, 0.3) is 5.91 Å². The van der Waals surface area contributed by atoms with E-state index in [1.165, 1.54) is 11.8 Å². The number of anilines is 1. The average Bonchev–Trinajstić information content (AvgIpc) is 3.06. The largest absolute Gasteiger partial charge is 0.443 e. The molecular formula is C25H32N4O3S. The Bertz CT molecular complexity index is 1110. The molecule has 0 aliphatic rings. The molecule has 0 saturated carbocycles. The minimum atomic E-state index is -0.266. The summed E-state index contributed by atoms with van der Waals surface area (Å²) in [4.78, 5) is 34.2. The standard InChI is InChI=1S/C25H32N4O3S/c1-15(2)10-9-11-16(3)26-20(30)14-33-25-28-22(21-17(4)18(5)32-24(21)29-25)27-23(31)19-12-7-6-8-13-19/h6-8,12-13,15-16H,9-11,14H2,1-5H3,(H,26,30)(H,27,28,29,31). The highest BCUT2D eigenvalue weighted by Crippen LogP contribution is 2.31. The lowest BCUT2D eigenvalue weighted by molar-refractivity contribution is -0.119. The van der Waals surface area contributed by atoms with Gasteiger partial charge in [-0.3, -0.25) is 9.59 Å². The maximum absolute atomic E-state index is 12.7. The van der Waals surface area contributed by atoms with Gasteiger partial charge < -0.3 is 15.1 Å². The van der Waals surface area contributed by atoms with E-state index in [2.05, 4.69) is 34.4 Å². The number of aryl methyl sites for hydroxylation is 2. The van der Waals surface area contributed by atoms with E-state index < -0.39 is 0 Å². The first-order valence-corrected chi connectivity index (χ1v) is 12.3. The van der Waals surface area contributed by atoms with Crippen LogP contribution < -0.4 is 10.6 Å². The Labute approximate surface area is 199 Å². The lowest BCUT2D eigenvalue weighted by Crippen LogP contribution is -2.33. The number of aromatic nitrogens is 2. The Kier molecular flexibility index (Phi) is 8.49. The number of hydrogen-bond acceptors (Lipinski definition) is 6. The van der Waals surface area contributed by atoms with Gasteiger partial charge in [0.05, 0.1) is 11.1 Å².